The molecule has 3 aromatic heterocycles. The zero-order valence-electron chi connectivity index (χ0n) is 22.8. The number of benzene rings is 1. The maximum atomic E-state index is 13.5. The molecule has 0 bridgehead atoms. The summed E-state index contributed by atoms with van der Waals surface area (Å²) in [7, 11) is 0. The van der Waals surface area contributed by atoms with E-state index in [4.69, 9.17) is 21.3 Å². The number of nitrogens with zero attached hydrogens (tertiary/aromatic N) is 8. The van der Waals surface area contributed by atoms with Gasteiger partial charge < -0.3 is 9.64 Å². The summed E-state index contributed by atoms with van der Waals surface area (Å²) in [6, 6.07) is 8.34. The van der Waals surface area contributed by atoms with Gasteiger partial charge in [-0.25, -0.2) is 9.78 Å². The van der Waals surface area contributed by atoms with E-state index < -0.39 is 5.97 Å². The van der Waals surface area contributed by atoms with E-state index in [9.17, 15) is 14.4 Å². The van der Waals surface area contributed by atoms with Crippen molar-refractivity contribution in [1.82, 2.24) is 34.7 Å². The van der Waals surface area contributed by atoms with Crippen LogP contribution >= 0.6 is 22.9 Å². The molecule has 3 aliphatic rings. The van der Waals surface area contributed by atoms with E-state index in [2.05, 4.69) is 20.5 Å². The van der Waals surface area contributed by atoms with Crippen LogP contribution in [0.5, 0.6) is 0 Å². The monoisotopic (exact) mass is 616 g/mol. The van der Waals surface area contributed by atoms with Crippen molar-refractivity contribution in [3.05, 3.63) is 79.9 Å². The first-order valence-electron chi connectivity index (χ1n) is 13.9. The minimum Gasteiger partial charge on any atom is -0.451 e. The lowest BCUT2D eigenvalue weighted by atomic mass is 10.0. The molecule has 1 aromatic carbocycles. The zero-order chi connectivity index (χ0) is 29.5. The number of hydrogen-bond donors (Lipinski definition) is 0. The first-order chi connectivity index (χ1) is 20.9. The maximum absolute atomic E-state index is 13.5. The number of allylic oxidation sites excluding steroid dienone is 1. The Morgan fingerprint density at radius 1 is 1.14 bits per heavy atom. The highest BCUT2D eigenvalue weighted by molar-refractivity contribution is 7.12. The zero-order valence-corrected chi connectivity index (χ0v) is 24.4. The molecule has 7 rings (SSSR count). The third-order valence-corrected chi connectivity index (χ3v) is 9.05. The molecular weight excluding hydrogens is 592 g/mol. The topological polar surface area (TPSA) is 137 Å². The van der Waals surface area contributed by atoms with E-state index >= 15 is 0 Å². The number of thiophene rings is 1. The van der Waals surface area contributed by atoms with E-state index in [0.717, 1.165) is 42.8 Å². The van der Waals surface area contributed by atoms with Gasteiger partial charge >= 0.3 is 5.97 Å². The third kappa shape index (κ3) is 5.30. The number of fused-ring (bicyclic) bond motifs is 1. The number of aliphatic imine (C=N–C) groups is 1. The summed E-state index contributed by atoms with van der Waals surface area (Å²) >= 11 is 7.57. The molecule has 0 N–H and O–H groups in total. The molecule has 14 heteroatoms. The van der Waals surface area contributed by atoms with Gasteiger partial charge in [0.2, 0.25) is 0 Å². The normalized spacial score (nSPS) is 17.6. The Hall–Kier alpha value is -4.49. The molecule has 0 unspecified atom stereocenters. The Bertz CT molecular complexity index is 1860. The van der Waals surface area contributed by atoms with Crippen LogP contribution in [0.1, 0.15) is 52.8 Å². The Morgan fingerprint density at radius 3 is 2.81 bits per heavy atom. The summed E-state index contributed by atoms with van der Waals surface area (Å²) in [6.45, 7) is 1.19. The molecule has 218 valence electrons. The average Bonchev–Trinajstić information content (AvgIpc) is 3.85. The molecule has 6 heterocycles. The van der Waals surface area contributed by atoms with Gasteiger partial charge in [-0.15, -0.1) is 16.4 Å². The van der Waals surface area contributed by atoms with Crippen molar-refractivity contribution < 1.29 is 14.3 Å². The number of amides is 1. The number of tetrazole rings is 1. The molecular formula is C29H25ClN8O4S. The van der Waals surface area contributed by atoms with Gasteiger partial charge in [-0.2, -0.15) is 4.68 Å². The summed E-state index contributed by atoms with van der Waals surface area (Å²) in [5.41, 5.74) is 4.33. The third-order valence-electron chi connectivity index (χ3n) is 7.91. The largest absolute Gasteiger partial charge is 0.451 e. The predicted octanol–water partition coefficient (Wildman–Crippen LogP) is 3.75. The minimum absolute atomic E-state index is 0.159. The lowest BCUT2D eigenvalue weighted by molar-refractivity contribution is -0.133. The molecule has 0 spiro atoms. The van der Waals surface area contributed by atoms with Gasteiger partial charge in [0.1, 0.15) is 17.0 Å². The van der Waals surface area contributed by atoms with Crippen LogP contribution < -0.4 is 5.56 Å². The van der Waals surface area contributed by atoms with Crippen molar-refractivity contribution in [2.75, 3.05) is 19.7 Å². The van der Waals surface area contributed by atoms with Crippen molar-refractivity contribution in [2.45, 2.75) is 38.1 Å². The second-order valence-electron chi connectivity index (χ2n) is 10.6. The molecule has 43 heavy (non-hydrogen) atoms. The molecule has 0 saturated carbocycles. The molecule has 4 aromatic rings. The smallest absolute Gasteiger partial charge is 0.348 e. The molecule has 0 aliphatic carbocycles. The van der Waals surface area contributed by atoms with E-state index in [1.165, 1.54) is 28.4 Å². The molecule has 1 atom stereocenters. The van der Waals surface area contributed by atoms with Crippen LogP contribution in [0.15, 0.2) is 58.0 Å². The number of halogens is 1. The fraction of sp³-hybridized carbons (Fsp3) is 0.310. The van der Waals surface area contributed by atoms with Crippen LogP contribution in [0.3, 0.4) is 0 Å². The van der Waals surface area contributed by atoms with Gasteiger partial charge in [-0.3, -0.25) is 19.1 Å². The van der Waals surface area contributed by atoms with Gasteiger partial charge in [0.15, 0.2) is 6.61 Å². The number of ether oxygens (including phenoxy) is 1. The van der Waals surface area contributed by atoms with E-state index in [0.29, 0.717) is 51.9 Å². The second kappa shape index (κ2) is 11.3. The number of carbonyl (C=O) groups is 2. The summed E-state index contributed by atoms with van der Waals surface area (Å²) in [5, 5.41) is 13.8. The molecule has 1 fully saturated rings. The predicted molar refractivity (Wildman–Crippen MR) is 159 cm³/mol. The van der Waals surface area contributed by atoms with Gasteiger partial charge in [0.25, 0.3) is 11.5 Å². The van der Waals surface area contributed by atoms with Crippen LogP contribution in [0.25, 0.3) is 22.5 Å². The summed E-state index contributed by atoms with van der Waals surface area (Å²) < 4.78 is 8.50. The van der Waals surface area contributed by atoms with Crippen molar-refractivity contribution >= 4 is 46.1 Å². The lowest BCUT2D eigenvalue weighted by Crippen LogP contribution is -2.31. The van der Waals surface area contributed by atoms with Crippen molar-refractivity contribution in [3.8, 4) is 16.9 Å². The second-order valence-corrected chi connectivity index (χ2v) is 11.9. The van der Waals surface area contributed by atoms with Crippen LogP contribution in [-0.4, -0.2) is 71.9 Å². The molecule has 12 nitrogen and oxygen atoms in total. The minimum atomic E-state index is -0.510. The number of likely N-dealkylation sites (tertiary alicyclic amines) is 1. The number of esters is 1. The molecule has 3 aliphatic heterocycles. The summed E-state index contributed by atoms with van der Waals surface area (Å²) in [5.74, 6) is 0.00773. The highest BCUT2D eigenvalue weighted by Gasteiger charge is 2.32. The SMILES string of the molecule is O=C(OCC(=O)N1CCCC1)c1cc(C2=CN=C([C@@H]3CCc4nc(-c5cc(Cl)ccc5-n5cnnn5)cc(=O)n43)C2)cs1. The maximum Gasteiger partial charge on any atom is 0.348 e. The Balaban J connectivity index is 1.05. The molecule has 0 radical (unpaired) electrons. The fourth-order valence-electron chi connectivity index (χ4n) is 5.78. The lowest BCUT2D eigenvalue weighted by Gasteiger charge is -2.16. The fourth-order valence-corrected chi connectivity index (χ4v) is 6.77. The summed E-state index contributed by atoms with van der Waals surface area (Å²) in [4.78, 5) is 50.0. The van der Waals surface area contributed by atoms with Crippen molar-refractivity contribution in [3.63, 3.8) is 0 Å². The quantitative estimate of drug-likeness (QED) is 0.286. The van der Waals surface area contributed by atoms with Gasteiger partial charge in [0.05, 0.1) is 17.4 Å². The number of carbonyl (C=O) groups excluding carboxylic acids is 2. The number of aryl methyl sites for hydroxylation is 1. The van der Waals surface area contributed by atoms with Crippen LogP contribution in [0, 0.1) is 0 Å². The van der Waals surface area contributed by atoms with E-state index in [1.54, 1.807) is 39.9 Å². The summed E-state index contributed by atoms with van der Waals surface area (Å²) in [6.07, 6.45) is 7.10. The highest BCUT2D eigenvalue weighted by atomic mass is 35.5. The van der Waals surface area contributed by atoms with Gasteiger partial charge in [-0.1, -0.05) is 11.6 Å². The first-order valence-corrected chi connectivity index (χ1v) is 15.2. The average molecular weight is 617 g/mol. The Kier molecular flexibility index (Phi) is 7.19. The van der Waals surface area contributed by atoms with E-state index in [1.807, 2.05) is 5.38 Å². The van der Waals surface area contributed by atoms with Gasteiger partial charge in [-0.05, 0) is 70.5 Å². The van der Waals surface area contributed by atoms with Crippen molar-refractivity contribution in [2.24, 2.45) is 4.99 Å². The van der Waals surface area contributed by atoms with Crippen LogP contribution in [-0.2, 0) is 16.0 Å². The van der Waals surface area contributed by atoms with Crippen molar-refractivity contribution in [1.29, 1.82) is 0 Å². The Labute approximate surface area is 254 Å². The first kappa shape index (κ1) is 27.3. The number of hydrogen-bond acceptors (Lipinski definition) is 10. The van der Waals surface area contributed by atoms with E-state index in [-0.39, 0.29) is 24.1 Å². The number of aromatic nitrogens is 6. The standard InChI is InChI=1S/C29H25ClN8O4S/c30-19-3-4-23(37-16-32-34-35-37)20(11-19)21-12-27(39)38-24(5-6-26(38)33-21)22-9-17(13-31-22)18-10-25(43-15-18)29(41)42-14-28(40)36-7-1-2-8-36/h3-4,10-13,15-16,24H,1-2,5-9,14H2/t24-/m0/s1. The van der Waals surface area contributed by atoms with Crippen LogP contribution in [0.4, 0.5) is 0 Å². The van der Waals surface area contributed by atoms with Crippen LogP contribution in [0.2, 0.25) is 5.02 Å². The molecule has 1 saturated heterocycles. The molecule has 1 amide bonds. The number of rotatable bonds is 7. The highest BCUT2D eigenvalue weighted by Crippen LogP contribution is 2.35. The Morgan fingerprint density at radius 2 is 2.00 bits per heavy atom. The van der Waals surface area contributed by atoms with Gasteiger partial charge in [0, 0.05) is 54.5 Å².